The van der Waals surface area contributed by atoms with Crippen LogP contribution in [0.2, 0.25) is 5.02 Å². The van der Waals surface area contributed by atoms with Crippen LogP contribution in [0.15, 0.2) is 60.7 Å². The first kappa shape index (κ1) is 21.8. The predicted octanol–water partition coefficient (Wildman–Crippen LogP) is 6.04. The van der Waals surface area contributed by atoms with Crippen LogP contribution < -0.4 is 9.47 Å². The van der Waals surface area contributed by atoms with Crippen LogP contribution in [0.4, 0.5) is 10.1 Å². The van der Waals surface area contributed by atoms with Gasteiger partial charge < -0.3 is 9.47 Å². The van der Waals surface area contributed by atoms with Gasteiger partial charge in [0.05, 0.1) is 28.7 Å². The number of nitro benzene ring substituents is 1. The summed E-state index contributed by atoms with van der Waals surface area (Å²) in [6.45, 7) is 0.0476. The van der Waals surface area contributed by atoms with Gasteiger partial charge in [-0.25, -0.2) is 4.39 Å². The Kier molecular flexibility index (Phi) is 6.85. The lowest BCUT2D eigenvalue weighted by Crippen LogP contribution is -2.00. The summed E-state index contributed by atoms with van der Waals surface area (Å²) in [4.78, 5) is 10.4. The molecule has 0 aromatic heterocycles. The maximum atomic E-state index is 13.2. The molecule has 6 nitrogen and oxygen atoms in total. The van der Waals surface area contributed by atoms with E-state index in [2.05, 4.69) is 6.07 Å². The van der Waals surface area contributed by atoms with Crippen molar-refractivity contribution < 1.29 is 18.8 Å². The molecule has 0 heterocycles. The number of benzene rings is 3. The molecule has 0 unspecified atom stereocenters. The van der Waals surface area contributed by atoms with Crippen molar-refractivity contribution in [3.05, 3.63) is 98.3 Å². The van der Waals surface area contributed by atoms with Crippen molar-refractivity contribution in [3.63, 3.8) is 0 Å². The first-order valence-electron chi connectivity index (χ1n) is 9.02. The molecule has 0 aliphatic rings. The molecule has 0 aliphatic heterocycles. The third-order valence-electron chi connectivity index (χ3n) is 4.34. The molecule has 0 atom stereocenters. The summed E-state index contributed by atoms with van der Waals surface area (Å²) >= 11 is 6.38. The normalized spacial score (nSPS) is 11.0. The Morgan fingerprint density at radius 3 is 2.61 bits per heavy atom. The van der Waals surface area contributed by atoms with Gasteiger partial charge in [0.25, 0.3) is 5.69 Å². The van der Waals surface area contributed by atoms with Crippen LogP contribution >= 0.6 is 11.6 Å². The van der Waals surface area contributed by atoms with E-state index in [1.807, 2.05) is 0 Å². The minimum absolute atomic E-state index is 0.0375. The van der Waals surface area contributed by atoms with Crippen molar-refractivity contribution in [2.75, 3.05) is 7.11 Å². The summed E-state index contributed by atoms with van der Waals surface area (Å²) in [7, 11) is 1.45. The molecule has 31 heavy (non-hydrogen) atoms. The fraction of sp³-hybridized carbons (Fsp3) is 0.0870. The lowest BCUT2D eigenvalue weighted by molar-refractivity contribution is -0.384. The van der Waals surface area contributed by atoms with Crippen LogP contribution in [-0.2, 0) is 6.61 Å². The van der Waals surface area contributed by atoms with Gasteiger partial charge in [-0.2, -0.15) is 5.26 Å². The lowest BCUT2D eigenvalue weighted by atomic mass is 10.0. The summed E-state index contributed by atoms with van der Waals surface area (Å²) in [5, 5.41) is 20.7. The number of rotatable bonds is 7. The van der Waals surface area contributed by atoms with Crippen molar-refractivity contribution in [2.45, 2.75) is 6.61 Å². The zero-order chi connectivity index (χ0) is 22.4. The Labute approximate surface area is 182 Å². The summed E-state index contributed by atoms with van der Waals surface area (Å²) < 4.78 is 24.3. The van der Waals surface area contributed by atoms with E-state index in [0.717, 1.165) is 0 Å². The summed E-state index contributed by atoms with van der Waals surface area (Å²) in [6, 6.07) is 17.0. The van der Waals surface area contributed by atoms with Crippen molar-refractivity contribution >= 4 is 28.9 Å². The number of allylic oxidation sites excluding steroid dienone is 1. The molecule has 0 saturated carbocycles. The van der Waals surface area contributed by atoms with Crippen molar-refractivity contribution in [1.29, 1.82) is 5.26 Å². The number of hydrogen-bond acceptors (Lipinski definition) is 5. The smallest absolute Gasteiger partial charge is 0.269 e. The molecule has 0 N–H and O–H groups in total. The maximum absolute atomic E-state index is 13.2. The lowest BCUT2D eigenvalue weighted by Gasteiger charge is -2.13. The van der Waals surface area contributed by atoms with E-state index >= 15 is 0 Å². The number of non-ortho nitro benzene ring substituents is 1. The Bertz CT molecular complexity index is 1190. The van der Waals surface area contributed by atoms with Crippen LogP contribution in [0.3, 0.4) is 0 Å². The highest BCUT2D eigenvalue weighted by atomic mass is 35.5. The third kappa shape index (κ3) is 5.38. The largest absolute Gasteiger partial charge is 0.493 e. The molecule has 3 aromatic carbocycles. The number of halogens is 2. The zero-order valence-corrected chi connectivity index (χ0v) is 17.1. The highest BCUT2D eigenvalue weighted by Gasteiger charge is 2.14. The van der Waals surface area contributed by atoms with E-state index in [4.69, 9.17) is 21.1 Å². The van der Waals surface area contributed by atoms with Crippen LogP contribution in [0.25, 0.3) is 11.6 Å². The Morgan fingerprint density at radius 2 is 1.97 bits per heavy atom. The molecule has 3 aromatic rings. The molecule has 0 bridgehead atoms. The number of nitrogens with zero attached hydrogens (tertiary/aromatic N) is 2. The Morgan fingerprint density at radius 1 is 1.23 bits per heavy atom. The minimum atomic E-state index is -0.480. The average molecular weight is 439 g/mol. The molecular formula is C23H16ClFN2O4. The van der Waals surface area contributed by atoms with Gasteiger partial charge in [-0.05, 0) is 47.0 Å². The number of nitro groups is 1. The topological polar surface area (TPSA) is 85.4 Å². The molecule has 0 amide bonds. The third-order valence-corrected chi connectivity index (χ3v) is 4.62. The zero-order valence-electron chi connectivity index (χ0n) is 16.3. The number of ether oxygens (including phenoxy) is 2. The monoisotopic (exact) mass is 438 g/mol. The average Bonchev–Trinajstić information content (AvgIpc) is 2.77. The van der Waals surface area contributed by atoms with E-state index in [-0.39, 0.29) is 23.1 Å². The highest BCUT2D eigenvalue weighted by Crippen LogP contribution is 2.38. The molecule has 3 rings (SSSR count). The van der Waals surface area contributed by atoms with Gasteiger partial charge in [-0.1, -0.05) is 35.9 Å². The van der Waals surface area contributed by atoms with E-state index < -0.39 is 10.7 Å². The van der Waals surface area contributed by atoms with Crippen LogP contribution in [0.1, 0.15) is 16.7 Å². The van der Waals surface area contributed by atoms with Crippen molar-refractivity contribution in [3.8, 4) is 17.6 Å². The van der Waals surface area contributed by atoms with E-state index in [1.54, 1.807) is 30.3 Å². The van der Waals surface area contributed by atoms with Gasteiger partial charge in [0.1, 0.15) is 12.4 Å². The summed E-state index contributed by atoms with van der Waals surface area (Å²) in [6.07, 6.45) is 1.60. The van der Waals surface area contributed by atoms with E-state index in [9.17, 15) is 19.8 Å². The molecule has 8 heteroatoms. The molecular weight excluding hydrogens is 423 g/mol. The standard InChI is InChI=1S/C23H16ClFN2O4/c1-30-22-12-16(9-18(13-26)17-5-7-19(25)8-6-17)11-21(24)23(22)31-14-15-3-2-4-20(10-15)27(28)29/h2-12H,14H2,1H3/b18-9-. The number of nitriles is 1. The maximum Gasteiger partial charge on any atom is 0.269 e. The molecule has 156 valence electrons. The van der Waals surface area contributed by atoms with E-state index in [0.29, 0.717) is 28.0 Å². The van der Waals surface area contributed by atoms with Crippen LogP contribution in [0.5, 0.6) is 11.5 Å². The van der Waals surface area contributed by atoms with Gasteiger partial charge in [0, 0.05) is 12.1 Å². The Balaban J connectivity index is 1.88. The SMILES string of the molecule is COc1cc(/C=C(/C#N)c2ccc(F)cc2)cc(Cl)c1OCc1cccc([N+](=O)[O-])c1. The highest BCUT2D eigenvalue weighted by molar-refractivity contribution is 6.32. The van der Waals surface area contributed by atoms with Gasteiger partial charge in [0.15, 0.2) is 11.5 Å². The summed E-state index contributed by atoms with van der Waals surface area (Å²) in [5.41, 5.74) is 2.03. The minimum Gasteiger partial charge on any atom is -0.493 e. The van der Waals surface area contributed by atoms with Crippen LogP contribution in [-0.4, -0.2) is 12.0 Å². The Hall–Kier alpha value is -3.89. The fourth-order valence-electron chi connectivity index (χ4n) is 2.85. The van der Waals surface area contributed by atoms with Crippen LogP contribution in [0, 0.1) is 27.3 Å². The first-order chi connectivity index (χ1) is 14.9. The fourth-order valence-corrected chi connectivity index (χ4v) is 3.13. The van der Waals surface area contributed by atoms with Gasteiger partial charge >= 0.3 is 0 Å². The van der Waals surface area contributed by atoms with Crippen molar-refractivity contribution in [1.82, 2.24) is 0 Å². The number of methoxy groups -OCH3 is 1. The molecule has 0 saturated heterocycles. The molecule has 0 radical (unpaired) electrons. The second kappa shape index (κ2) is 9.74. The van der Waals surface area contributed by atoms with Gasteiger partial charge in [0.2, 0.25) is 0 Å². The second-order valence-electron chi connectivity index (χ2n) is 6.43. The van der Waals surface area contributed by atoms with Gasteiger partial charge in [-0.15, -0.1) is 0 Å². The molecule has 0 fully saturated rings. The van der Waals surface area contributed by atoms with Gasteiger partial charge in [-0.3, -0.25) is 10.1 Å². The molecule has 0 spiro atoms. The van der Waals surface area contributed by atoms with E-state index in [1.165, 1.54) is 43.5 Å². The number of hydrogen-bond donors (Lipinski definition) is 0. The summed E-state index contributed by atoms with van der Waals surface area (Å²) in [5.74, 6) is 0.213. The van der Waals surface area contributed by atoms with Crippen molar-refractivity contribution in [2.24, 2.45) is 0 Å². The molecule has 0 aliphatic carbocycles. The quantitative estimate of drug-likeness (QED) is 0.194. The second-order valence-corrected chi connectivity index (χ2v) is 6.83. The predicted molar refractivity (Wildman–Crippen MR) is 115 cm³/mol. The first-order valence-corrected chi connectivity index (χ1v) is 9.40.